The van der Waals surface area contributed by atoms with Crippen molar-refractivity contribution >= 4 is 28.2 Å². The number of hydrogen-bond acceptors (Lipinski definition) is 9. The van der Waals surface area contributed by atoms with Crippen molar-refractivity contribution in [1.29, 1.82) is 0 Å². The summed E-state index contributed by atoms with van der Waals surface area (Å²) in [4.78, 5) is 29.4. The summed E-state index contributed by atoms with van der Waals surface area (Å²) in [6.45, 7) is 8.20. The smallest absolute Gasteiger partial charge is 0.472 e. The third kappa shape index (κ3) is 4.77. The van der Waals surface area contributed by atoms with E-state index in [0.717, 1.165) is 19.2 Å². The monoisotopic (exact) mass is 647 g/mol. The molecule has 4 aliphatic rings. The number of piperazine rings is 2. The van der Waals surface area contributed by atoms with Crippen LogP contribution < -0.4 is 25.4 Å². The molecule has 246 valence electrons. The number of carbonyl (C=O) groups is 1. The lowest BCUT2D eigenvalue weighted by Gasteiger charge is -2.48. The molecule has 4 aliphatic heterocycles. The van der Waals surface area contributed by atoms with Crippen molar-refractivity contribution in [1.82, 2.24) is 25.1 Å². The minimum absolute atomic E-state index is 0.0141. The van der Waals surface area contributed by atoms with Crippen LogP contribution >= 0.6 is 0 Å². The Kier molecular flexibility index (Phi) is 7.01. The number of nitrogens with two attached hydrogens (primary N) is 1. The average Bonchev–Trinajstić information content (AvgIpc) is 3.28. The summed E-state index contributed by atoms with van der Waals surface area (Å²) in [7, 11) is 2.02. The van der Waals surface area contributed by atoms with Crippen LogP contribution in [-0.4, -0.2) is 95.5 Å². The highest BCUT2D eigenvalue weighted by Gasteiger charge is 2.57. The van der Waals surface area contributed by atoms with Crippen LogP contribution in [0.5, 0.6) is 11.6 Å². The molecule has 3 aromatic rings. The average molecular weight is 648 g/mol. The van der Waals surface area contributed by atoms with E-state index >= 15 is 4.39 Å². The number of halogens is 5. The Labute approximate surface area is 261 Å². The van der Waals surface area contributed by atoms with Crippen LogP contribution in [-0.2, 0) is 4.79 Å². The van der Waals surface area contributed by atoms with Gasteiger partial charge in [0.25, 0.3) is 0 Å². The number of hydrogen-bond donors (Lipinski definition) is 2. The van der Waals surface area contributed by atoms with E-state index < -0.39 is 46.6 Å². The molecule has 0 aliphatic carbocycles. The van der Waals surface area contributed by atoms with Gasteiger partial charge in [0.1, 0.15) is 23.2 Å². The number of fused-ring (bicyclic) bond motifs is 5. The SMILES string of the molecule is Cc1nc2c3c(nc(-c4cc(N)cc(F)c4OC(F)(F)F)c(F)c3c1C)OC(C)C1C3CCC(C(=O)N4CCN(C)CC4)(CN21)N3. The predicted molar refractivity (Wildman–Crippen MR) is 160 cm³/mol. The van der Waals surface area contributed by atoms with E-state index in [4.69, 9.17) is 15.5 Å². The van der Waals surface area contributed by atoms with E-state index in [-0.39, 0.29) is 46.9 Å². The van der Waals surface area contributed by atoms with Gasteiger partial charge in [-0.1, -0.05) is 0 Å². The summed E-state index contributed by atoms with van der Waals surface area (Å²) >= 11 is 0. The molecule has 4 unspecified atom stereocenters. The van der Waals surface area contributed by atoms with Gasteiger partial charge in [0.15, 0.2) is 17.4 Å². The number of nitrogens with zero attached hydrogens (tertiary/aromatic N) is 5. The number of alkyl halides is 3. The number of amides is 1. The minimum Gasteiger partial charge on any atom is -0.472 e. The molecule has 7 rings (SSSR count). The third-order valence-electron chi connectivity index (χ3n) is 9.86. The van der Waals surface area contributed by atoms with E-state index in [1.807, 2.05) is 23.8 Å². The lowest BCUT2D eigenvalue weighted by Crippen LogP contribution is -2.72. The molecule has 1 amide bonds. The van der Waals surface area contributed by atoms with Crippen LogP contribution in [0.1, 0.15) is 31.0 Å². The van der Waals surface area contributed by atoms with E-state index in [2.05, 4.69) is 19.9 Å². The fourth-order valence-corrected chi connectivity index (χ4v) is 7.55. The number of carbonyl (C=O) groups excluding carboxylic acids is 1. The number of ether oxygens (including phenoxy) is 2. The van der Waals surface area contributed by atoms with Gasteiger partial charge in [0.05, 0.1) is 17.0 Å². The fraction of sp³-hybridized carbons (Fsp3) is 0.516. The second kappa shape index (κ2) is 10.5. The van der Waals surface area contributed by atoms with Crippen LogP contribution in [0.2, 0.25) is 0 Å². The Morgan fingerprint density at radius 3 is 2.54 bits per heavy atom. The number of aryl methyl sites for hydroxylation is 2. The van der Waals surface area contributed by atoms with Gasteiger partial charge in [-0.05, 0) is 52.3 Å². The van der Waals surface area contributed by atoms with Crippen molar-refractivity contribution in [2.24, 2.45) is 0 Å². The molecule has 2 bridgehead atoms. The first-order valence-electron chi connectivity index (χ1n) is 15.2. The lowest BCUT2D eigenvalue weighted by atomic mass is 9.92. The first-order valence-corrected chi connectivity index (χ1v) is 15.2. The third-order valence-corrected chi connectivity index (χ3v) is 9.86. The maximum absolute atomic E-state index is 16.7. The number of anilines is 2. The van der Waals surface area contributed by atoms with Gasteiger partial charge in [-0.15, -0.1) is 13.2 Å². The summed E-state index contributed by atoms with van der Waals surface area (Å²) in [6.07, 6.45) is -4.55. The molecule has 3 fully saturated rings. The molecule has 0 spiro atoms. The van der Waals surface area contributed by atoms with Gasteiger partial charge in [-0.2, -0.15) is 0 Å². The second-order valence-corrected chi connectivity index (χ2v) is 12.8. The highest BCUT2D eigenvalue weighted by molar-refractivity contribution is 6.02. The molecule has 0 radical (unpaired) electrons. The first kappa shape index (κ1) is 30.7. The topological polar surface area (TPSA) is 109 Å². The van der Waals surface area contributed by atoms with Crippen LogP contribution in [0.3, 0.4) is 0 Å². The molecule has 0 saturated carbocycles. The molecule has 3 saturated heterocycles. The maximum Gasteiger partial charge on any atom is 0.573 e. The predicted octanol–water partition coefficient (Wildman–Crippen LogP) is 3.91. The quantitative estimate of drug-likeness (QED) is 0.323. The first-order chi connectivity index (χ1) is 21.7. The Balaban J connectivity index is 1.40. The number of pyridine rings is 2. The molecule has 6 heterocycles. The lowest BCUT2D eigenvalue weighted by molar-refractivity contribution is -0.275. The van der Waals surface area contributed by atoms with E-state index in [0.29, 0.717) is 49.1 Å². The number of nitrogen functional groups attached to an aromatic ring is 1. The standard InChI is InChI=1S/C31H34F5N7O3/c1-14-15(2)38-27-22-21(14)23(33)24(18-11-17(37)12-19(32)26(18)46-31(34,35)36)39-28(22)45-16(3)25-20-5-6-30(40-20,13-43(25)27)29(44)42-9-7-41(4)8-10-42/h11-12,16,20,25,40H,5-10,13,37H2,1-4H3. The highest BCUT2D eigenvalue weighted by atomic mass is 19.4. The molecular weight excluding hydrogens is 613 g/mol. The molecule has 15 heteroatoms. The zero-order chi connectivity index (χ0) is 32.9. The Hall–Kier alpha value is -3.98. The van der Waals surface area contributed by atoms with Crippen molar-refractivity contribution in [2.45, 2.75) is 63.7 Å². The number of nitrogens with one attached hydrogen (secondary N) is 1. The molecule has 3 N–H and O–H groups in total. The zero-order valence-corrected chi connectivity index (χ0v) is 25.8. The van der Waals surface area contributed by atoms with Crippen LogP contribution in [0.4, 0.5) is 33.5 Å². The normalized spacial score (nSPS) is 26.2. The van der Waals surface area contributed by atoms with Crippen molar-refractivity contribution in [2.75, 3.05) is 50.4 Å². The van der Waals surface area contributed by atoms with Crippen LogP contribution in [0.15, 0.2) is 12.1 Å². The van der Waals surface area contributed by atoms with E-state index in [1.165, 1.54) is 0 Å². The fourth-order valence-electron chi connectivity index (χ4n) is 7.55. The minimum atomic E-state index is -5.27. The Bertz CT molecular complexity index is 1760. The molecule has 1 aromatic carbocycles. The van der Waals surface area contributed by atoms with E-state index in [1.54, 1.807) is 13.8 Å². The summed E-state index contributed by atoms with van der Waals surface area (Å²) < 4.78 is 82.1. The molecule has 2 aromatic heterocycles. The molecule has 4 atom stereocenters. The molecule has 10 nitrogen and oxygen atoms in total. The van der Waals surface area contributed by atoms with Gasteiger partial charge >= 0.3 is 6.36 Å². The molecule has 46 heavy (non-hydrogen) atoms. The second-order valence-electron chi connectivity index (χ2n) is 12.8. The maximum atomic E-state index is 16.7. The Morgan fingerprint density at radius 2 is 1.85 bits per heavy atom. The van der Waals surface area contributed by atoms with Gasteiger partial charge < -0.3 is 29.9 Å². The van der Waals surface area contributed by atoms with Gasteiger partial charge in [0, 0.05) is 61.6 Å². The molecular formula is C31H34F5N7O3. The van der Waals surface area contributed by atoms with Gasteiger partial charge in [-0.25, -0.2) is 18.7 Å². The van der Waals surface area contributed by atoms with Crippen LogP contribution in [0, 0.1) is 25.5 Å². The van der Waals surface area contributed by atoms with Crippen molar-refractivity contribution in [3.8, 4) is 22.9 Å². The number of aromatic nitrogens is 2. The summed E-state index contributed by atoms with van der Waals surface area (Å²) in [6, 6.07) is 1.14. The number of rotatable bonds is 3. The van der Waals surface area contributed by atoms with Crippen molar-refractivity contribution in [3.05, 3.63) is 35.0 Å². The summed E-state index contributed by atoms with van der Waals surface area (Å²) in [5.74, 6) is -3.37. The summed E-state index contributed by atoms with van der Waals surface area (Å²) in [5, 5.41) is 3.86. The number of likely N-dealkylation sites (N-methyl/N-ethyl adjacent to an activating group) is 1. The van der Waals surface area contributed by atoms with Gasteiger partial charge in [0.2, 0.25) is 11.8 Å². The van der Waals surface area contributed by atoms with E-state index in [9.17, 15) is 22.4 Å². The van der Waals surface area contributed by atoms with Crippen LogP contribution in [0.25, 0.3) is 22.0 Å². The number of benzene rings is 1. The Morgan fingerprint density at radius 1 is 1.13 bits per heavy atom. The highest BCUT2D eigenvalue weighted by Crippen LogP contribution is 2.48. The summed E-state index contributed by atoms with van der Waals surface area (Å²) in [5.41, 5.74) is 4.31. The van der Waals surface area contributed by atoms with Crippen molar-refractivity contribution in [3.63, 3.8) is 0 Å². The van der Waals surface area contributed by atoms with Crippen molar-refractivity contribution < 1.29 is 36.2 Å². The largest absolute Gasteiger partial charge is 0.573 e. The van der Waals surface area contributed by atoms with Gasteiger partial charge in [-0.3, -0.25) is 10.1 Å². The zero-order valence-electron chi connectivity index (χ0n) is 25.8.